The van der Waals surface area contributed by atoms with Crippen molar-refractivity contribution in [2.24, 2.45) is 0 Å². The molecule has 0 unspecified atom stereocenters. The zero-order valence-corrected chi connectivity index (χ0v) is 13.7. The highest BCUT2D eigenvalue weighted by atomic mass is 19.2. The van der Waals surface area contributed by atoms with E-state index >= 15 is 0 Å². The largest absolute Gasteiger partial charge is 0.369 e. The van der Waals surface area contributed by atoms with Gasteiger partial charge in [-0.2, -0.15) is 0 Å². The Labute approximate surface area is 140 Å². The van der Waals surface area contributed by atoms with E-state index in [0.717, 1.165) is 50.5 Å². The van der Waals surface area contributed by atoms with Crippen LogP contribution in [0.2, 0.25) is 0 Å². The van der Waals surface area contributed by atoms with Crippen molar-refractivity contribution < 1.29 is 13.2 Å². The first-order chi connectivity index (χ1) is 11.6. The first kappa shape index (κ1) is 16.8. The monoisotopic (exact) mass is 334 g/mol. The summed E-state index contributed by atoms with van der Waals surface area (Å²) in [5, 5.41) is 0. The Morgan fingerprint density at radius 2 is 1.42 bits per heavy atom. The first-order valence-electron chi connectivity index (χ1n) is 8.30. The molecule has 0 spiro atoms. The molecule has 2 aromatic rings. The highest BCUT2D eigenvalue weighted by Crippen LogP contribution is 2.26. The van der Waals surface area contributed by atoms with E-state index < -0.39 is 17.5 Å². The molecule has 0 aliphatic carbocycles. The molecule has 2 aromatic carbocycles. The number of benzene rings is 2. The number of piperazine rings is 1. The van der Waals surface area contributed by atoms with Crippen LogP contribution in [0.3, 0.4) is 0 Å². The number of nitrogens with zero attached hydrogens (tertiary/aromatic N) is 2. The van der Waals surface area contributed by atoms with E-state index in [-0.39, 0.29) is 0 Å². The quantitative estimate of drug-likeness (QED) is 0.769. The normalized spacial score (nSPS) is 15.8. The molecule has 24 heavy (non-hydrogen) atoms. The topological polar surface area (TPSA) is 6.48 Å². The van der Waals surface area contributed by atoms with E-state index in [1.807, 2.05) is 24.3 Å². The fraction of sp³-hybridized carbons (Fsp3) is 0.368. The SMILES string of the molecule is CCCN1CCN(c2ccc(-c3cc(F)c(F)c(F)c3)cc2)CC1. The van der Waals surface area contributed by atoms with E-state index in [4.69, 9.17) is 0 Å². The minimum atomic E-state index is -1.43. The van der Waals surface area contributed by atoms with Crippen LogP contribution in [0.5, 0.6) is 0 Å². The molecule has 0 aromatic heterocycles. The smallest absolute Gasteiger partial charge is 0.194 e. The van der Waals surface area contributed by atoms with Gasteiger partial charge in [0.05, 0.1) is 0 Å². The number of anilines is 1. The van der Waals surface area contributed by atoms with Crippen LogP contribution in [-0.4, -0.2) is 37.6 Å². The lowest BCUT2D eigenvalue weighted by molar-refractivity contribution is 0.258. The van der Waals surface area contributed by atoms with E-state index in [0.29, 0.717) is 11.1 Å². The van der Waals surface area contributed by atoms with Crippen molar-refractivity contribution >= 4 is 5.69 Å². The molecule has 5 heteroatoms. The van der Waals surface area contributed by atoms with Gasteiger partial charge in [-0.1, -0.05) is 19.1 Å². The Bertz CT molecular complexity index is 669. The minimum absolute atomic E-state index is 0.339. The van der Waals surface area contributed by atoms with Crippen molar-refractivity contribution in [1.29, 1.82) is 0 Å². The Hall–Kier alpha value is -2.01. The molecule has 0 saturated carbocycles. The summed E-state index contributed by atoms with van der Waals surface area (Å²) in [5.41, 5.74) is 2.10. The zero-order chi connectivity index (χ0) is 17.1. The molecule has 3 rings (SSSR count). The molecule has 2 nitrogen and oxygen atoms in total. The van der Waals surface area contributed by atoms with Gasteiger partial charge in [-0.15, -0.1) is 0 Å². The molecule has 0 N–H and O–H groups in total. The standard InChI is InChI=1S/C19H21F3N2/c1-2-7-23-8-10-24(11-9-23)16-5-3-14(4-6-16)15-12-17(20)19(22)18(21)13-15/h3-6,12-13H,2,7-11H2,1H3. The average Bonchev–Trinajstić information content (AvgIpc) is 2.60. The van der Waals surface area contributed by atoms with Crippen molar-refractivity contribution in [2.75, 3.05) is 37.6 Å². The summed E-state index contributed by atoms with van der Waals surface area (Å²) in [4.78, 5) is 4.76. The van der Waals surface area contributed by atoms with Crippen molar-refractivity contribution in [3.63, 3.8) is 0 Å². The van der Waals surface area contributed by atoms with E-state index in [9.17, 15) is 13.2 Å². The van der Waals surface area contributed by atoms with E-state index in [2.05, 4.69) is 16.7 Å². The molecule has 0 radical (unpaired) electrons. The summed E-state index contributed by atoms with van der Waals surface area (Å²) in [6.45, 7) is 7.35. The maximum absolute atomic E-state index is 13.4. The van der Waals surface area contributed by atoms with Crippen LogP contribution in [0.4, 0.5) is 18.9 Å². The van der Waals surface area contributed by atoms with Gasteiger partial charge >= 0.3 is 0 Å². The molecule has 1 heterocycles. The van der Waals surface area contributed by atoms with Crippen LogP contribution in [0, 0.1) is 17.5 Å². The Balaban J connectivity index is 1.72. The molecule has 0 amide bonds. The number of hydrogen-bond donors (Lipinski definition) is 0. The van der Waals surface area contributed by atoms with Gasteiger partial charge in [0.25, 0.3) is 0 Å². The molecule has 128 valence electrons. The van der Waals surface area contributed by atoms with E-state index in [1.54, 1.807) is 0 Å². The van der Waals surface area contributed by atoms with Crippen LogP contribution < -0.4 is 4.90 Å². The van der Waals surface area contributed by atoms with Gasteiger partial charge in [-0.25, -0.2) is 13.2 Å². The second kappa shape index (κ2) is 7.26. The van der Waals surface area contributed by atoms with Gasteiger partial charge in [0.15, 0.2) is 17.5 Å². The second-order valence-corrected chi connectivity index (χ2v) is 6.13. The molecule has 1 saturated heterocycles. The maximum atomic E-state index is 13.4. The van der Waals surface area contributed by atoms with Gasteiger partial charge in [0, 0.05) is 31.9 Å². The fourth-order valence-electron chi connectivity index (χ4n) is 3.13. The first-order valence-corrected chi connectivity index (χ1v) is 8.30. The summed E-state index contributed by atoms with van der Waals surface area (Å²) in [6, 6.07) is 9.58. The van der Waals surface area contributed by atoms with Crippen molar-refractivity contribution in [1.82, 2.24) is 4.90 Å². The van der Waals surface area contributed by atoms with Crippen molar-refractivity contribution in [3.05, 3.63) is 53.8 Å². The predicted molar refractivity (Wildman–Crippen MR) is 90.7 cm³/mol. The van der Waals surface area contributed by atoms with Crippen LogP contribution in [0.1, 0.15) is 13.3 Å². The molecular weight excluding hydrogens is 313 g/mol. The van der Waals surface area contributed by atoms with E-state index in [1.165, 1.54) is 6.42 Å². The molecule has 1 aliphatic rings. The fourth-order valence-corrected chi connectivity index (χ4v) is 3.13. The lowest BCUT2D eigenvalue weighted by Gasteiger charge is -2.36. The Morgan fingerprint density at radius 1 is 0.833 bits per heavy atom. The average molecular weight is 334 g/mol. The predicted octanol–water partition coefficient (Wildman–Crippen LogP) is 4.30. The van der Waals surface area contributed by atoms with Gasteiger partial charge < -0.3 is 4.90 Å². The summed E-state index contributed by atoms with van der Waals surface area (Å²) in [7, 11) is 0. The highest BCUT2D eigenvalue weighted by Gasteiger charge is 2.17. The summed E-state index contributed by atoms with van der Waals surface area (Å²) in [6.07, 6.45) is 1.17. The van der Waals surface area contributed by atoms with Crippen molar-refractivity contribution in [2.45, 2.75) is 13.3 Å². The zero-order valence-electron chi connectivity index (χ0n) is 13.7. The molecular formula is C19H21F3N2. The third-order valence-electron chi connectivity index (χ3n) is 4.46. The Kier molecular flexibility index (Phi) is 5.09. The maximum Gasteiger partial charge on any atom is 0.194 e. The lowest BCUT2D eigenvalue weighted by Crippen LogP contribution is -2.46. The van der Waals surface area contributed by atoms with Gasteiger partial charge in [-0.3, -0.25) is 4.90 Å². The van der Waals surface area contributed by atoms with Crippen LogP contribution in [-0.2, 0) is 0 Å². The molecule has 1 aliphatic heterocycles. The van der Waals surface area contributed by atoms with Gasteiger partial charge in [0.2, 0.25) is 0 Å². The molecule has 1 fully saturated rings. The minimum Gasteiger partial charge on any atom is -0.369 e. The lowest BCUT2D eigenvalue weighted by atomic mass is 10.0. The third-order valence-corrected chi connectivity index (χ3v) is 4.46. The van der Waals surface area contributed by atoms with Gasteiger partial charge in [0.1, 0.15) is 0 Å². The van der Waals surface area contributed by atoms with Gasteiger partial charge in [-0.05, 0) is 48.4 Å². The number of halogens is 3. The van der Waals surface area contributed by atoms with Crippen LogP contribution >= 0.6 is 0 Å². The second-order valence-electron chi connectivity index (χ2n) is 6.13. The van der Waals surface area contributed by atoms with Crippen LogP contribution in [0.25, 0.3) is 11.1 Å². The van der Waals surface area contributed by atoms with Crippen LogP contribution in [0.15, 0.2) is 36.4 Å². The number of hydrogen-bond acceptors (Lipinski definition) is 2. The highest BCUT2D eigenvalue weighted by molar-refractivity contribution is 5.66. The summed E-state index contributed by atoms with van der Waals surface area (Å²) in [5.74, 6) is -3.76. The Morgan fingerprint density at radius 3 is 1.96 bits per heavy atom. The van der Waals surface area contributed by atoms with Crippen molar-refractivity contribution in [3.8, 4) is 11.1 Å². The summed E-state index contributed by atoms with van der Waals surface area (Å²) < 4.78 is 39.8. The summed E-state index contributed by atoms with van der Waals surface area (Å²) >= 11 is 0. The number of rotatable bonds is 4. The third kappa shape index (κ3) is 3.56. The molecule has 0 bridgehead atoms. The molecule has 0 atom stereocenters.